The average molecular weight is 327 g/mol. The topological polar surface area (TPSA) is 68.0 Å². The first kappa shape index (κ1) is 17.0. The minimum atomic E-state index is -4.65. The van der Waals surface area contributed by atoms with E-state index < -0.39 is 29.3 Å². The summed E-state index contributed by atoms with van der Waals surface area (Å²) in [5.41, 5.74) is -0.243. The first-order valence-electron chi connectivity index (χ1n) is 7.00. The first-order chi connectivity index (χ1) is 10.8. The molecule has 0 fully saturated rings. The molecular formula is C15H16F3N3O2. The summed E-state index contributed by atoms with van der Waals surface area (Å²) < 4.78 is 44.0. The molecule has 2 aromatic heterocycles. The Hall–Kier alpha value is -2.38. The monoisotopic (exact) mass is 327 g/mol. The van der Waals surface area contributed by atoms with Crippen molar-refractivity contribution < 1.29 is 22.5 Å². The minimum Gasteiger partial charge on any atom is -0.361 e. The standard InChI is InChI=1S/C15H16F3N3O2/c1-4-12(13-8(2)21-23-9(13)3)20-14(22)10-5-6-19-7-11(10)15(16,17)18/h5-7,12H,4H2,1-3H3,(H,20,22). The molecule has 0 saturated heterocycles. The summed E-state index contributed by atoms with van der Waals surface area (Å²) in [6.07, 6.45) is -2.36. The van der Waals surface area contributed by atoms with Crippen LogP contribution < -0.4 is 5.32 Å². The zero-order chi connectivity index (χ0) is 17.2. The van der Waals surface area contributed by atoms with Crippen LogP contribution in [-0.4, -0.2) is 16.0 Å². The van der Waals surface area contributed by atoms with E-state index in [0.29, 0.717) is 29.6 Å². The molecule has 0 aromatic carbocycles. The van der Waals surface area contributed by atoms with Crippen LogP contribution in [0.3, 0.4) is 0 Å². The second-order valence-electron chi connectivity index (χ2n) is 5.09. The smallest absolute Gasteiger partial charge is 0.361 e. The fourth-order valence-electron chi connectivity index (χ4n) is 2.42. The molecule has 8 heteroatoms. The van der Waals surface area contributed by atoms with Crippen molar-refractivity contribution in [2.24, 2.45) is 0 Å². The van der Waals surface area contributed by atoms with Gasteiger partial charge in [0, 0.05) is 18.0 Å². The highest BCUT2D eigenvalue weighted by Gasteiger charge is 2.36. The lowest BCUT2D eigenvalue weighted by atomic mass is 10.0. The molecular weight excluding hydrogens is 311 g/mol. The number of nitrogens with one attached hydrogen (secondary N) is 1. The number of hydrogen-bond acceptors (Lipinski definition) is 4. The van der Waals surface area contributed by atoms with Gasteiger partial charge in [-0.2, -0.15) is 13.2 Å². The third-order valence-electron chi connectivity index (χ3n) is 3.52. The lowest BCUT2D eigenvalue weighted by molar-refractivity contribution is -0.138. The van der Waals surface area contributed by atoms with Crippen LogP contribution in [0.25, 0.3) is 0 Å². The molecule has 0 spiro atoms. The highest BCUT2D eigenvalue weighted by molar-refractivity contribution is 5.96. The van der Waals surface area contributed by atoms with Gasteiger partial charge in [-0.15, -0.1) is 0 Å². The van der Waals surface area contributed by atoms with Crippen LogP contribution in [0.1, 0.15) is 52.3 Å². The lowest BCUT2D eigenvalue weighted by Crippen LogP contribution is -2.30. The zero-order valence-corrected chi connectivity index (χ0v) is 12.9. The van der Waals surface area contributed by atoms with Crippen molar-refractivity contribution in [1.29, 1.82) is 0 Å². The predicted octanol–water partition coefficient (Wildman–Crippen LogP) is 3.59. The normalized spacial score (nSPS) is 13.0. The fourth-order valence-corrected chi connectivity index (χ4v) is 2.42. The molecule has 0 aliphatic rings. The SMILES string of the molecule is CCC(NC(=O)c1ccncc1C(F)(F)F)c1c(C)noc1C. The van der Waals surface area contributed by atoms with Crippen molar-refractivity contribution >= 4 is 5.91 Å². The number of nitrogens with zero attached hydrogens (tertiary/aromatic N) is 2. The van der Waals surface area contributed by atoms with Gasteiger partial charge in [0.25, 0.3) is 5.91 Å². The predicted molar refractivity (Wildman–Crippen MR) is 75.7 cm³/mol. The highest BCUT2D eigenvalue weighted by Crippen LogP contribution is 2.32. The summed E-state index contributed by atoms with van der Waals surface area (Å²) in [7, 11) is 0. The second kappa shape index (κ2) is 6.39. The van der Waals surface area contributed by atoms with Gasteiger partial charge in [-0.05, 0) is 26.3 Å². The molecule has 1 unspecified atom stereocenters. The van der Waals surface area contributed by atoms with Crippen LogP contribution in [-0.2, 0) is 6.18 Å². The molecule has 0 bridgehead atoms. The Morgan fingerprint density at radius 3 is 2.61 bits per heavy atom. The van der Waals surface area contributed by atoms with Crippen LogP contribution in [0, 0.1) is 13.8 Å². The molecule has 2 heterocycles. The van der Waals surface area contributed by atoms with Crippen molar-refractivity contribution in [3.05, 3.63) is 46.6 Å². The fraction of sp³-hybridized carbons (Fsp3) is 0.400. The molecule has 1 N–H and O–H groups in total. The number of pyridine rings is 1. The van der Waals surface area contributed by atoms with E-state index in [1.54, 1.807) is 13.8 Å². The number of rotatable bonds is 4. The van der Waals surface area contributed by atoms with Crippen molar-refractivity contribution in [3.8, 4) is 0 Å². The summed E-state index contributed by atoms with van der Waals surface area (Å²) in [5, 5.41) is 6.42. The van der Waals surface area contributed by atoms with Gasteiger partial charge in [-0.3, -0.25) is 9.78 Å². The molecule has 0 saturated carbocycles. The lowest BCUT2D eigenvalue weighted by Gasteiger charge is -2.18. The third-order valence-corrected chi connectivity index (χ3v) is 3.52. The molecule has 0 radical (unpaired) electrons. The molecule has 0 aliphatic carbocycles. The van der Waals surface area contributed by atoms with E-state index in [2.05, 4.69) is 15.5 Å². The number of hydrogen-bond donors (Lipinski definition) is 1. The van der Waals surface area contributed by atoms with Crippen molar-refractivity contribution in [1.82, 2.24) is 15.5 Å². The molecule has 1 amide bonds. The number of alkyl halides is 3. The van der Waals surface area contributed by atoms with E-state index in [-0.39, 0.29) is 0 Å². The Morgan fingerprint density at radius 1 is 1.39 bits per heavy atom. The van der Waals surface area contributed by atoms with E-state index in [1.807, 2.05) is 6.92 Å². The summed E-state index contributed by atoms with van der Waals surface area (Å²) in [5.74, 6) is -0.285. The van der Waals surface area contributed by atoms with Gasteiger partial charge in [0.2, 0.25) is 0 Å². The van der Waals surface area contributed by atoms with Crippen LogP contribution in [0.15, 0.2) is 23.0 Å². The van der Waals surface area contributed by atoms with Gasteiger partial charge in [0.1, 0.15) is 5.76 Å². The van der Waals surface area contributed by atoms with E-state index in [1.165, 1.54) is 0 Å². The van der Waals surface area contributed by atoms with Gasteiger partial charge in [0.05, 0.1) is 22.9 Å². The van der Waals surface area contributed by atoms with Gasteiger partial charge in [0.15, 0.2) is 0 Å². The molecule has 5 nitrogen and oxygen atoms in total. The Bertz CT molecular complexity index is 691. The summed E-state index contributed by atoms with van der Waals surface area (Å²) >= 11 is 0. The maximum Gasteiger partial charge on any atom is 0.418 e. The van der Waals surface area contributed by atoms with Gasteiger partial charge in [-0.1, -0.05) is 12.1 Å². The quantitative estimate of drug-likeness (QED) is 0.932. The molecule has 124 valence electrons. The largest absolute Gasteiger partial charge is 0.418 e. The van der Waals surface area contributed by atoms with E-state index in [9.17, 15) is 18.0 Å². The highest BCUT2D eigenvalue weighted by atomic mass is 19.4. The van der Waals surface area contributed by atoms with E-state index in [0.717, 1.165) is 12.3 Å². The van der Waals surface area contributed by atoms with Crippen LogP contribution in [0.2, 0.25) is 0 Å². The summed E-state index contributed by atoms with van der Waals surface area (Å²) in [6.45, 7) is 5.22. The first-order valence-corrected chi connectivity index (χ1v) is 7.00. The molecule has 2 aromatic rings. The van der Waals surface area contributed by atoms with E-state index in [4.69, 9.17) is 4.52 Å². The Morgan fingerprint density at radius 2 is 2.09 bits per heavy atom. The van der Waals surface area contributed by atoms with Gasteiger partial charge in [-0.25, -0.2) is 0 Å². The van der Waals surface area contributed by atoms with Crippen molar-refractivity contribution in [2.45, 2.75) is 39.4 Å². The van der Waals surface area contributed by atoms with Crippen LogP contribution in [0.4, 0.5) is 13.2 Å². The zero-order valence-electron chi connectivity index (χ0n) is 12.9. The maximum absolute atomic E-state index is 13.0. The Balaban J connectivity index is 2.32. The van der Waals surface area contributed by atoms with Crippen LogP contribution >= 0.6 is 0 Å². The Kier molecular flexibility index (Phi) is 4.72. The van der Waals surface area contributed by atoms with Crippen molar-refractivity contribution in [2.75, 3.05) is 0 Å². The maximum atomic E-state index is 13.0. The molecule has 0 aliphatic heterocycles. The number of amides is 1. The summed E-state index contributed by atoms with van der Waals surface area (Å²) in [4.78, 5) is 15.8. The third kappa shape index (κ3) is 3.52. The van der Waals surface area contributed by atoms with Gasteiger partial charge >= 0.3 is 6.18 Å². The van der Waals surface area contributed by atoms with Crippen molar-refractivity contribution in [3.63, 3.8) is 0 Å². The minimum absolute atomic E-state index is 0.460. The molecule has 2 rings (SSSR count). The number of carbonyl (C=O) groups excluding carboxylic acids is 1. The van der Waals surface area contributed by atoms with Crippen LogP contribution in [0.5, 0.6) is 0 Å². The average Bonchev–Trinajstić information content (AvgIpc) is 2.83. The Labute approximate surface area is 130 Å². The second-order valence-corrected chi connectivity index (χ2v) is 5.09. The van der Waals surface area contributed by atoms with E-state index >= 15 is 0 Å². The number of carbonyl (C=O) groups is 1. The molecule has 23 heavy (non-hydrogen) atoms. The number of halogens is 3. The number of aryl methyl sites for hydroxylation is 2. The molecule has 1 atom stereocenters. The number of aromatic nitrogens is 2. The van der Waals surface area contributed by atoms with Gasteiger partial charge < -0.3 is 9.84 Å². The summed E-state index contributed by atoms with van der Waals surface area (Å²) in [6, 6.07) is 0.570.